The molecule has 0 spiro atoms. The van der Waals surface area contributed by atoms with Crippen LogP contribution in [0.3, 0.4) is 0 Å². The lowest BCUT2D eigenvalue weighted by Crippen LogP contribution is -2.15. The average Bonchev–Trinajstić information content (AvgIpc) is 4.03. The molecule has 0 bridgehead atoms. The van der Waals surface area contributed by atoms with Gasteiger partial charge in [0.25, 0.3) is 0 Å². The second-order valence-corrected chi connectivity index (χ2v) is 19.4. The number of allylic oxidation sites excluding steroid dienone is 6. The molecule has 9 aromatic rings. The van der Waals surface area contributed by atoms with E-state index in [1.54, 1.807) is 6.08 Å². The predicted molar refractivity (Wildman–Crippen MR) is 308 cm³/mol. The Kier molecular flexibility index (Phi) is 12.3. The highest BCUT2D eigenvalue weighted by Crippen LogP contribution is 2.44. The molecule has 0 N–H and O–H groups in total. The van der Waals surface area contributed by atoms with Crippen molar-refractivity contribution in [1.82, 2.24) is 0 Å². The molecule has 3 aliphatic rings. The maximum atomic E-state index is 5.87. The van der Waals surface area contributed by atoms with Crippen LogP contribution in [0.1, 0.15) is 52.3 Å². The van der Waals surface area contributed by atoms with E-state index in [0.717, 1.165) is 59.8 Å². The Bertz CT molecular complexity index is 3740. The average molecular weight is 935 g/mol. The molecular weight excluding hydrogens is 881 g/mol. The molecule has 0 aliphatic heterocycles. The number of anilines is 5. The first kappa shape index (κ1) is 45.0. The van der Waals surface area contributed by atoms with Crippen LogP contribution in [0.4, 0.5) is 28.4 Å². The van der Waals surface area contributed by atoms with Gasteiger partial charge < -0.3 is 9.80 Å². The first-order chi connectivity index (χ1) is 36.1. The summed E-state index contributed by atoms with van der Waals surface area (Å²) in [6, 6.07) is 79.3. The molecule has 0 saturated heterocycles. The Labute approximate surface area is 430 Å². The monoisotopic (exact) mass is 934 g/mol. The summed E-state index contributed by atoms with van der Waals surface area (Å²) in [5, 5.41) is 0. The van der Waals surface area contributed by atoms with Crippen LogP contribution in [0, 0.1) is 18.3 Å². The van der Waals surface area contributed by atoms with E-state index in [2.05, 4.69) is 271 Å². The molecule has 0 radical (unpaired) electrons. The fraction of sp³-hybridized carbons (Fsp3) is 0.0845. The van der Waals surface area contributed by atoms with Crippen molar-refractivity contribution in [2.24, 2.45) is 5.92 Å². The van der Waals surface area contributed by atoms with Gasteiger partial charge in [-0.3, -0.25) is 0 Å². The number of fused-ring (bicyclic) bond motifs is 6. The van der Waals surface area contributed by atoms with Crippen molar-refractivity contribution in [2.45, 2.75) is 32.6 Å². The van der Waals surface area contributed by atoms with E-state index in [4.69, 9.17) is 6.42 Å². The standard InChI is InChI=1S/C71H54N2/c1-3-4-26-59(31-15-22-51-23-18-37-68-66-34-13-11-20-55(66)48-70(51)68)72(60-27-7-5-8-28-60)63-32-16-24-53(46-63)57-43-50(2)44-58(45-57)54-25-17-33-64(47-54)73(61-29-9-6-10-30-61)62-41-39-52(40-42-62)65-36-19-38-69-67-35-14-12-21-56(67)49-71(65)69/h1,4-21,23-25,27-42,44-47,50H,22,43,48-49H2,2H3/b31-15-. The van der Waals surface area contributed by atoms with Crippen LogP contribution in [-0.4, -0.2) is 0 Å². The molecule has 0 fully saturated rings. The van der Waals surface area contributed by atoms with E-state index < -0.39 is 0 Å². The number of rotatable bonds is 12. The van der Waals surface area contributed by atoms with Crippen LogP contribution in [-0.2, 0) is 19.3 Å². The maximum Gasteiger partial charge on any atom is 0.0893 e. The molecule has 0 saturated carbocycles. The van der Waals surface area contributed by atoms with Gasteiger partial charge in [-0.05, 0) is 182 Å². The fourth-order valence-corrected chi connectivity index (χ4v) is 11.3. The molecule has 0 amide bonds. The largest absolute Gasteiger partial charge is 0.310 e. The first-order valence-corrected chi connectivity index (χ1v) is 25.5. The van der Waals surface area contributed by atoms with E-state index in [9.17, 15) is 0 Å². The second-order valence-electron chi connectivity index (χ2n) is 19.4. The highest BCUT2D eigenvalue weighted by Gasteiger charge is 2.24. The lowest BCUT2D eigenvalue weighted by Gasteiger charge is -2.27. The van der Waals surface area contributed by atoms with E-state index in [-0.39, 0.29) is 0 Å². The van der Waals surface area contributed by atoms with Gasteiger partial charge in [0, 0.05) is 34.5 Å². The quantitative estimate of drug-likeness (QED) is 0.0684. The molecule has 9 aromatic carbocycles. The minimum Gasteiger partial charge on any atom is -0.310 e. The Hall–Kier alpha value is -9.12. The zero-order chi connectivity index (χ0) is 49.1. The van der Waals surface area contributed by atoms with Crippen LogP contribution in [0.25, 0.3) is 44.5 Å². The highest BCUT2D eigenvalue weighted by molar-refractivity contribution is 5.90. The summed E-state index contributed by atoms with van der Waals surface area (Å²) < 4.78 is 0. The summed E-state index contributed by atoms with van der Waals surface area (Å²) in [4.78, 5) is 4.64. The van der Waals surface area contributed by atoms with Gasteiger partial charge >= 0.3 is 0 Å². The summed E-state index contributed by atoms with van der Waals surface area (Å²) in [5.74, 6) is 3.04. The smallest absolute Gasteiger partial charge is 0.0893 e. The van der Waals surface area contributed by atoms with Crippen molar-refractivity contribution in [3.63, 3.8) is 0 Å². The van der Waals surface area contributed by atoms with Gasteiger partial charge in [0.15, 0.2) is 0 Å². The summed E-state index contributed by atoms with van der Waals surface area (Å²) in [6.07, 6.45) is 20.4. The number of benzene rings is 9. The lowest BCUT2D eigenvalue weighted by atomic mass is 9.85. The molecule has 2 nitrogen and oxygen atoms in total. The van der Waals surface area contributed by atoms with Gasteiger partial charge in [0.2, 0.25) is 0 Å². The topological polar surface area (TPSA) is 6.48 Å². The molecule has 1 unspecified atom stereocenters. The van der Waals surface area contributed by atoms with Crippen LogP contribution >= 0.6 is 0 Å². The van der Waals surface area contributed by atoms with Crippen molar-refractivity contribution in [3.05, 3.63) is 299 Å². The molecule has 2 heteroatoms. The van der Waals surface area contributed by atoms with Crippen molar-refractivity contribution in [2.75, 3.05) is 9.80 Å². The van der Waals surface area contributed by atoms with Crippen LogP contribution < -0.4 is 9.80 Å². The van der Waals surface area contributed by atoms with Crippen molar-refractivity contribution < 1.29 is 0 Å². The summed E-state index contributed by atoms with van der Waals surface area (Å²) in [6.45, 7) is 2.33. The number of hydrogen-bond donors (Lipinski definition) is 0. The molecule has 1 atom stereocenters. The van der Waals surface area contributed by atoms with Crippen molar-refractivity contribution >= 4 is 39.6 Å². The maximum absolute atomic E-state index is 5.87. The zero-order valence-corrected chi connectivity index (χ0v) is 41.0. The minimum atomic E-state index is 0.335. The molecule has 73 heavy (non-hydrogen) atoms. The summed E-state index contributed by atoms with van der Waals surface area (Å²) in [7, 11) is 0. The molecular formula is C71H54N2. The van der Waals surface area contributed by atoms with E-state index >= 15 is 0 Å². The normalized spacial score (nSPS) is 13.9. The molecule has 3 aliphatic carbocycles. The molecule has 348 valence electrons. The minimum absolute atomic E-state index is 0.335. The Balaban J connectivity index is 0.850. The third-order valence-corrected chi connectivity index (χ3v) is 14.7. The summed E-state index contributed by atoms with van der Waals surface area (Å²) in [5.41, 5.74) is 29.5. The van der Waals surface area contributed by atoms with Gasteiger partial charge in [0.05, 0.1) is 5.70 Å². The number of hydrogen-bond acceptors (Lipinski definition) is 2. The number of terminal acetylenes is 1. The lowest BCUT2D eigenvalue weighted by molar-refractivity contribution is 0.752. The van der Waals surface area contributed by atoms with E-state index in [1.165, 1.54) is 83.5 Å². The van der Waals surface area contributed by atoms with Crippen LogP contribution in [0.15, 0.2) is 260 Å². The van der Waals surface area contributed by atoms with Crippen molar-refractivity contribution in [3.8, 4) is 45.7 Å². The first-order valence-electron chi connectivity index (χ1n) is 25.5. The van der Waals surface area contributed by atoms with Gasteiger partial charge in [-0.15, -0.1) is 6.42 Å². The number of para-hydroxylation sites is 2. The second kappa shape index (κ2) is 19.9. The van der Waals surface area contributed by atoms with Gasteiger partial charge in [-0.25, -0.2) is 0 Å². The predicted octanol–water partition coefficient (Wildman–Crippen LogP) is 18.1. The van der Waals surface area contributed by atoms with Crippen LogP contribution in [0.5, 0.6) is 0 Å². The SMILES string of the molecule is C#CC=C=C(/C=C\Cc1cccc2c1Cc1ccccc1-2)N(c1ccccc1)c1cccc(C2=CC(c3cccc(N(c4ccccc4)c4ccc(-c5cccc6c5Cc5ccccc5-6)cc4)c3)=CC(C)C2)c1. The fourth-order valence-electron chi connectivity index (χ4n) is 11.3. The Morgan fingerprint density at radius 2 is 1.08 bits per heavy atom. The number of nitrogens with zero attached hydrogens (tertiary/aromatic N) is 2. The van der Waals surface area contributed by atoms with Crippen molar-refractivity contribution in [1.29, 1.82) is 0 Å². The van der Waals surface area contributed by atoms with Gasteiger partial charge in [-0.1, -0.05) is 195 Å². The highest BCUT2D eigenvalue weighted by atomic mass is 15.1. The zero-order valence-electron chi connectivity index (χ0n) is 41.0. The van der Waals surface area contributed by atoms with Crippen LogP contribution in [0.2, 0.25) is 0 Å². The molecule has 12 rings (SSSR count). The third-order valence-electron chi connectivity index (χ3n) is 14.7. The Morgan fingerprint density at radius 3 is 1.82 bits per heavy atom. The van der Waals surface area contributed by atoms with Gasteiger partial charge in [0.1, 0.15) is 0 Å². The molecule has 0 heterocycles. The molecule has 0 aromatic heterocycles. The third kappa shape index (κ3) is 9.00. The Morgan fingerprint density at radius 1 is 0.521 bits per heavy atom. The van der Waals surface area contributed by atoms with E-state index in [0.29, 0.717) is 5.92 Å². The van der Waals surface area contributed by atoms with Gasteiger partial charge in [-0.2, -0.15) is 0 Å². The van der Waals surface area contributed by atoms with E-state index in [1.807, 2.05) is 0 Å². The summed E-state index contributed by atoms with van der Waals surface area (Å²) >= 11 is 0.